The monoisotopic (exact) mass is 324 g/mol. The number of carbonyl (C=O) groups is 1. The van der Waals surface area contributed by atoms with E-state index in [0.717, 1.165) is 51.5 Å². The highest BCUT2D eigenvalue weighted by Crippen LogP contribution is 2.19. The fourth-order valence-electron chi connectivity index (χ4n) is 3.40. The van der Waals surface area contributed by atoms with Crippen molar-refractivity contribution in [2.75, 3.05) is 52.9 Å². The second-order valence-corrected chi connectivity index (χ2v) is 6.62. The summed E-state index contributed by atoms with van der Waals surface area (Å²) < 4.78 is 5.14. The van der Waals surface area contributed by atoms with Crippen LogP contribution in [0.3, 0.4) is 0 Å². The Morgan fingerprint density at radius 3 is 2.52 bits per heavy atom. The molecule has 0 radical (unpaired) electrons. The van der Waals surface area contributed by atoms with Crippen molar-refractivity contribution in [2.45, 2.75) is 33.1 Å². The van der Waals surface area contributed by atoms with Gasteiger partial charge in [0.15, 0.2) is 5.96 Å². The van der Waals surface area contributed by atoms with Crippen LogP contribution in [0.15, 0.2) is 4.99 Å². The summed E-state index contributed by atoms with van der Waals surface area (Å²) in [5, 5.41) is 3.40. The third kappa shape index (κ3) is 5.37. The molecule has 0 aromatic rings. The summed E-state index contributed by atoms with van der Waals surface area (Å²) in [6.45, 7) is 10.3. The molecule has 0 aromatic heterocycles. The van der Waals surface area contributed by atoms with Gasteiger partial charge in [0.05, 0.1) is 12.5 Å². The molecule has 2 aliphatic heterocycles. The summed E-state index contributed by atoms with van der Waals surface area (Å²) in [5.74, 6) is 1.69. The van der Waals surface area contributed by atoms with Crippen LogP contribution in [0.4, 0.5) is 0 Å². The van der Waals surface area contributed by atoms with Gasteiger partial charge >= 0.3 is 5.97 Å². The summed E-state index contributed by atoms with van der Waals surface area (Å²) in [7, 11) is 2.18. The van der Waals surface area contributed by atoms with Gasteiger partial charge in [-0.1, -0.05) is 0 Å². The normalized spacial score (nSPS) is 24.0. The maximum Gasteiger partial charge on any atom is 0.309 e. The van der Waals surface area contributed by atoms with E-state index in [4.69, 9.17) is 9.73 Å². The van der Waals surface area contributed by atoms with Gasteiger partial charge in [0.2, 0.25) is 0 Å². The summed E-state index contributed by atoms with van der Waals surface area (Å²) in [6, 6.07) is 0. The van der Waals surface area contributed by atoms with Crippen molar-refractivity contribution in [1.82, 2.24) is 15.1 Å². The number of nitrogens with zero attached hydrogens (tertiary/aromatic N) is 3. The average Bonchev–Trinajstić information content (AvgIpc) is 2.97. The molecule has 6 heteroatoms. The van der Waals surface area contributed by atoms with Crippen LogP contribution in [0.25, 0.3) is 0 Å². The molecular weight excluding hydrogens is 292 g/mol. The zero-order valence-electron chi connectivity index (χ0n) is 14.9. The van der Waals surface area contributed by atoms with Crippen molar-refractivity contribution in [3.63, 3.8) is 0 Å². The maximum atomic E-state index is 11.8. The van der Waals surface area contributed by atoms with Crippen LogP contribution in [-0.4, -0.2) is 74.7 Å². The van der Waals surface area contributed by atoms with E-state index in [9.17, 15) is 4.79 Å². The predicted molar refractivity (Wildman–Crippen MR) is 92.5 cm³/mol. The van der Waals surface area contributed by atoms with Gasteiger partial charge in [0.25, 0.3) is 0 Å². The van der Waals surface area contributed by atoms with Crippen molar-refractivity contribution in [3.8, 4) is 0 Å². The lowest BCUT2D eigenvalue weighted by atomic mass is 9.97. The third-order valence-electron chi connectivity index (χ3n) is 4.74. The van der Waals surface area contributed by atoms with Gasteiger partial charge in [-0.05, 0) is 52.6 Å². The van der Waals surface area contributed by atoms with Gasteiger partial charge in [-0.25, -0.2) is 0 Å². The molecule has 0 saturated carbocycles. The molecule has 132 valence electrons. The number of esters is 1. The first-order valence-electron chi connectivity index (χ1n) is 9.02. The second-order valence-electron chi connectivity index (χ2n) is 6.62. The van der Waals surface area contributed by atoms with E-state index >= 15 is 0 Å². The van der Waals surface area contributed by atoms with E-state index in [1.807, 2.05) is 6.92 Å². The molecule has 2 heterocycles. The van der Waals surface area contributed by atoms with Crippen LogP contribution in [-0.2, 0) is 9.53 Å². The standard InChI is InChI=1S/C17H32N4O2/c1-4-18-17(19-12-14-6-9-20(3)13-14)21-10-7-15(8-11-21)16(22)23-5-2/h14-15H,4-13H2,1-3H3,(H,18,19). The van der Waals surface area contributed by atoms with Crippen molar-refractivity contribution >= 4 is 11.9 Å². The Bertz CT molecular complexity index is 405. The number of guanidine groups is 1. The number of carbonyl (C=O) groups excluding carboxylic acids is 1. The van der Waals surface area contributed by atoms with Gasteiger partial charge in [-0.2, -0.15) is 0 Å². The number of hydrogen-bond acceptors (Lipinski definition) is 4. The molecule has 1 N–H and O–H groups in total. The van der Waals surface area contributed by atoms with Crippen LogP contribution in [0.5, 0.6) is 0 Å². The Balaban J connectivity index is 1.85. The molecule has 1 unspecified atom stereocenters. The molecule has 2 fully saturated rings. The van der Waals surface area contributed by atoms with Crippen molar-refractivity contribution in [2.24, 2.45) is 16.8 Å². The fourth-order valence-corrected chi connectivity index (χ4v) is 3.40. The van der Waals surface area contributed by atoms with Crippen LogP contribution in [0.2, 0.25) is 0 Å². The molecule has 0 aromatic carbocycles. The lowest BCUT2D eigenvalue weighted by Gasteiger charge is -2.33. The van der Waals surface area contributed by atoms with Gasteiger partial charge in [-0.15, -0.1) is 0 Å². The van der Waals surface area contributed by atoms with Gasteiger partial charge in [0.1, 0.15) is 0 Å². The molecule has 2 rings (SSSR count). The Labute approximate surface area is 140 Å². The Hall–Kier alpha value is -1.30. The van der Waals surface area contributed by atoms with E-state index in [-0.39, 0.29) is 11.9 Å². The van der Waals surface area contributed by atoms with Gasteiger partial charge in [0, 0.05) is 32.7 Å². The van der Waals surface area contributed by atoms with Gasteiger partial charge in [-0.3, -0.25) is 9.79 Å². The van der Waals surface area contributed by atoms with Crippen LogP contribution >= 0.6 is 0 Å². The molecule has 6 nitrogen and oxygen atoms in total. The number of ether oxygens (including phenoxy) is 1. The Morgan fingerprint density at radius 1 is 1.22 bits per heavy atom. The Kier molecular flexibility index (Phi) is 7.15. The molecule has 23 heavy (non-hydrogen) atoms. The number of likely N-dealkylation sites (tertiary alicyclic amines) is 2. The minimum atomic E-state index is -0.0388. The lowest BCUT2D eigenvalue weighted by Crippen LogP contribution is -2.47. The SMILES string of the molecule is CCNC(=NCC1CCN(C)C1)N1CCC(C(=O)OCC)CC1. The minimum Gasteiger partial charge on any atom is -0.466 e. The molecule has 2 aliphatic rings. The summed E-state index contributed by atoms with van der Waals surface area (Å²) in [6.07, 6.45) is 2.95. The Morgan fingerprint density at radius 2 is 1.96 bits per heavy atom. The zero-order chi connectivity index (χ0) is 16.7. The molecule has 1 atom stereocenters. The zero-order valence-corrected chi connectivity index (χ0v) is 14.9. The first-order valence-corrected chi connectivity index (χ1v) is 9.02. The summed E-state index contributed by atoms with van der Waals surface area (Å²) >= 11 is 0. The first kappa shape index (κ1) is 18.0. The highest BCUT2D eigenvalue weighted by molar-refractivity contribution is 5.80. The summed E-state index contributed by atoms with van der Waals surface area (Å²) in [5.41, 5.74) is 0. The first-order chi connectivity index (χ1) is 11.1. The number of nitrogens with one attached hydrogen (secondary N) is 1. The topological polar surface area (TPSA) is 57.2 Å². The fraction of sp³-hybridized carbons (Fsp3) is 0.882. The number of rotatable bonds is 5. The van der Waals surface area contributed by atoms with Crippen molar-refractivity contribution in [3.05, 3.63) is 0 Å². The largest absolute Gasteiger partial charge is 0.466 e. The van der Waals surface area contributed by atoms with E-state index < -0.39 is 0 Å². The number of piperidine rings is 1. The maximum absolute atomic E-state index is 11.8. The molecule has 2 saturated heterocycles. The minimum absolute atomic E-state index is 0.0388. The molecule has 0 bridgehead atoms. The predicted octanol–water partition coefficient (Wildman–Crippen LogP) is 1.18. The number of hydrogen-bond donors (Lipinski definition) is 1. The van der Waals surface area contributed by atoms with E-state index in [1.165, 1.54) is 13.0 Å². The van der Waals surface area contributed by atoms with Crippen molar-refractivity contribution < 1.29 is 9.53 Å². The number of aliphatic imine (C=N–C) groups is 1. The average molecular weight is 324 g/mol. The van der Waals surface area contributed by atoms with Crippen molar-refractivity contribution in [1.29, 1.82) is 0 Å². The molecule has 0 aliphatic carbocycles. The molecule has 0 amide bonds. The van der Waals surface area contributed by atoms with Crippen LogP contribution < -0.4 is 5.32 Å². The quantitative estimate of drug-likeness (QED) is 0.467. The van der Waals surface area contributed by atoms with Gasteiger partial charge < -0.3 is 19.9 Å². The highest BCUT2D eigenvalue weighted by atomic mass is 16.5. The van der Waals surface area contributed by atoms with E-state index in [1.54, 1.807) is 0 Å². The summed E-state index contributed by atoms with van der Waals surface area (Å²) in [4.78, 5) is 21.4. The lowest BCUT2D eigenvalue weighted by molar-refractivity contribution is -0.149. The van der Waals surface area contributed by atoms with E-state index in [2.05, 4.69) is 29.1 Å². The third-order valence-corrected chi connectivity index (χ3v) is 4.74. The second kappa shape index (κ2) is 9.11. The highest BCUT2D eigenvalue weighted by Gasteiger charge is 2.27. The molecule has 0 spiro atoms. The molecular formula is C17H32N4O2. The smallest absolute Gasteiger partial charge is 0.309 e. The van der Waals surface area contributed by atoms with E-state index in [0.29, 0.717) is 12.5 Å². The van der Waals surface area contributed by atoms with Crippen LogP contribution in [0, 0.1) is 11.8 Å². The van der Waals surface area contributed by atoms with Crippen LogP contribution in [0.1, 0.15) is 33.1 Å².